The average molecular weight is 413 g/mol. The lowest BCUT2D eigenvalue weighted by Gasteiger charge is -2.40. The largest absolute Gasteiger partial charge is 0.509 e. The maximum Gasteiger partial charge on any atom is 0.509 e. The van der Waals surface area contributed by atoms with Gasteiger partial charge in [-0.1, -0.05) is 0 Å². The van der Waals surface area contributed by atoms with Crippen LogP contribution in [-0.2, 0) is 20.7 Å². The maximum atomic E-state index is 13.4. The molecule has 2 atom stereocenters. The molecule has 0 bridgehead atoms. The van der Waals surface area contributed by atoms with E-state index in [4.69, 9.17) is 18.9 Å². The molecular formula is C23H27NO6. The predicted molar refractivity (Wildman–Crippen MR) is 109 cm³/mol. The number of hydrogen-bond acceptors (Lipinski definition) is 7. The monoisotopic (exact) mass is 413 g/mol. The predicted octanol–water partition coefficient (Wildman–Crippen LogP) is 3.48. The topological polar surface area (TPSA) is 74.3 Å². The van der Waals surface area contributed by atoms with Crippen molar-refractivity contribution in [1.82, 2.24) is 4.90 Å². The van der Waals surface area contributed by atoms with E-state index in [1.54, 1.807) is 20.8 Å². The van der Waals surface area contributed by atoms with Crippen LogP contribution >= 0.6 is 0 Å². The molecule has 0 saturated carbocycles. The molecule has 7 nitrogen and oxygen atoms in total. The molecule has 1 fully saturated rings. The summed E-state index contributed by atoms with van der Waals surface area (Å²) in [5.74, 6) is 1.29. The van der Waals surface area contributed by atoms with Gasteiger partial charge < -0.3 is 18.9 Å². The van der Waals surface area contributed by atoms with Gasteiger partial charge in [0.15, 0.2) is 17.6 Å². The smallest absolute Gasteiger partial charge is 0.454 e. The van der Waals surface area contributed by atoms with E-state index in [-0.39, 0.29) is 12.6 Å². The van der Waals surface area contributed by atoms with Gasteiger partial charge in [-0.2, -0.15) is 0 Å². The van der Waals surface area contributed by atoms with E-state index < -0.39 is 23.4 Å². The van der Waals surface area contributed by atoms with Crippen LogP contribution in [0, 0.1) is 0 Å². The zero-order valence-electron chi connectivity index (χ0n) is 17.9. The molecule has 7 heteroatoms. The lowest BCUT2D eigenvalue weighted by molar-refractivity contribution is -0.130. The van der Waals surface area contributed by atoms with Crippen LogP contribution in [0.4, 0.5) is 4.79 Å². The van der Waals surface area contributed by atoms with Gasteiger partial charge >= 0.3 is 6.16 Å². The summed E-state index contributed by atoms with van der Waals surface area (Å²) in [7, 11) is 0. The van der Waals surface area contributed by atoms with Crippen molar-refractivity contribution < 1.29 is 28.5 Å². The van der Waals surface area contributed by atoms with Crippen molar-refractivity contribution >= 4 is 17.5 Å². The quantitative estimate of drug-likeness (QED) is 0.653. The van der Waals surface area contributed by atoms with E-state index in [0.717, 1.165) is 54.8 Å². The van der Waals surface area contributed by atoms with Crippen LogP contribution < -0.4 is 9.47 Å². The van der Waals surface area contributed by atoms with Gasteiger partial charge in [-0.05, 0) is 82.3 Å². The third-order valence-corrected chi connectivity index (χ3v) is 6.52. The van der Waals surface area contributed by atoms with Crippen LogP contribution in [0.5, 0.6) is 11.5 Å². The number of ketones is 1. The molecule has 1 spiro atoms. The second-order valence-electron chi connectivity index (χ2n) is 9.45. The zero-order valence-corrected chi connectivity index (χ0v) is 17.9. The Kier molecular flexibility index (Phi) is 4.19. The molecule has 1 aromatic carbocycles. The number of carbonyl (C=O) groups is 2. The fourth-order valence-corrected chi connectivity index (χ4v) is 5.42. The minimum Gasteiger partial charge on any atom is -0.454 e. The van der Waals surface area contributed by atoms with Crippen molar-refractivity contribution in [3.63, 3.8) is 0 Å². The Bertz CT molecular complexity index is 975. The third kappa shape index (κ3) is 2.75. The summed E-state index contributed by atoms with van der Waals surface area (Å²) in [5.41, 5.74) is 2.40. The number of carbonyl (C=O) groups excluding carboxylic acids is 2. The molecule has 160 valence electrons. The Morgan fingerprint density at radius 1 is 1.20 bits per heavy atom. The highest BCUT2D eigenvalue weighted by molar-refractivity contribution is 6.14. The molecule has 0 unspecified atom stereocenters. The van der Waals surface area contributed by atoms with Gasteiger partial charge in [0.05, 0.1) is 5.54 Å². The van der Waals surface area contributed by atoms with Gasteiger partial charge in [0.25, 0.3) is 0 Å². The molecule has 0 aromatic heterocycles. The van der Waals surface area contributed by atoms with Crippen LogP contribution in [0.25, 0.3) is 5.57 Å². The lowest BCUT2D eigenvalue weighted by Crippen LogP contribution is -2.54. The fraction of sp³-hybridized carbons (Fsp3) is 0.565. The van der Waals surface area contributed by atoms with Gasteiger partial charge in [0, 0.05) is 12.1 Å². The molecule has 1 saturated heterocycles. The molecule has 1 aliphatic carbocycles. The summed E-state index contributed by atoms with van der Waals surface area (Å²) in [6.07, 6.45) is 0.829. The molecule has 0 N–H and O–H groups in total. The normalized spacial score (nSPS) is 27.5. The Hall–Kier alpha value is -2.54. The van der Waals surface area contributed by atoms with Crippen LogP contribution in [0.15, 0.2) is 17.7 Å². The van der Waals surface area contributed by atoms with Gasteiger partial charge in [-0.25, -0.2) is 4.79 Å². The second kappa shape index (κ2) is 6.48. The van der Waals surface area contributed by atoms with Crippen molar-refractivity contribution in [2.24, 2.45) is 0 Å². The number of hydrogen-bond donors (Lipinski definition) is 0. The van der Waals surface area contributed by atoms with Gasteiger partial charge in [-0.3, -0.25) is 9.69 Å². The van der Waals surface area contributed by atoms with E-state index in [1.165, 1.54) is 0 Å². The Morgan fingerprint density at radius 3 is 2.67 bits per heavy atom. The lowest BCUT2D eigenvalue weighted by atomic mass is 9.81. The standard InChI is InChI=1S/C23H27NO6/c1-13-18-15-11-17-16(27-12-28-17)10-14(15)6-9-24-8-5-7-23(18,24)20(19(13)25)29-21(26)30-22(2,3)4/h10-11,20H,5-9,12H2,1-4H3/t20-,23-/m1/s1. The van der Waals surface area contributed by atoms with E-state index in [2.05, 4.69) is 4.90 Å². The highest BCUT2D eigenvalue weighted by Gasteiger charge is 2.61. The molecule has 1 aromatic rings. The van der Waals surface area contributed by atoms with Crippen LogP contribution in [0.3, 0.4) is 0 Å². The van der Waals surface area contributed by atoms with Gasteiger partial charge in [0.1, 0.15) is 5.60 Å². The average Bonchev–Trinajstić information content (AvgIpc) is 3.31. The summed E-state index contributed by atoms with van der Waals surface area (Å²) >= 11 is 0. The van der Waals surface area contributed by atoms with Crippen molar-refractivity contribution in [1.29, 1.82) is 0 Å². The van der Waals surface area contributed by atoms with Gasteiger partial charge in [-0.15, -0.1) is 0 Å². The first kappa shape index (κ1) is 19.4. The van der Waals surface area contributed by atoms with Crippen LogP contribution in [0.1, 0.15) is 51.7 Å². The van der Waals surface area contributed by atoms with Gasteiger partial charge in [0.2, 0.25) is 12.6 Å². The number of ether oxygens (including phenoxy) is 4. The number of benzene rings is 1. The van der Waals surface area contributed by atoms with Crippen molar-refractivity contribution in [3.05, 3.63) is 28.8 Å². The first-order valence-electron chi connectivity index (χ1n) is 10.5. The molecular weight excluding hydrogens is 386 g/mol. The highest BCUT2D eigenvalue weighted by Crippen LogP contribution is 2.54. The summed E-state index contributed by atoms with van der Waals surface area (Å²) in [6, 6.07) is 4.02. The summed E-state index contributed by atoms with van der Waals surface area (Å²) in [5, 5.41) is 0. The van der Waals surface area contributed by atoms with E-state index in [0.29, 0.717) is 11.3 Å². The minimum atomic E-state index is -0.902. The fourth-order valence-electron chi connectivity index (χ4n) is 5.42. The van der Waals surface area contributed by atoms with Crippen molar-refractivity contribution in [3.8, 4) is 11.5 Å². The number of nitrogens with zero attached hydrogens (tertiary/aromatic N) is 1. The molecule has 4 aliphatic rings. The molecule has 0 radical (unpaired) electrons. The molecule has 30 heavy (non-hydrogen) atoms. The summed E-state index contributed by atoms with van der Waals surface area (Å²) in [4.78, 5) is 28.3. The summed E-state index contributed by atoms with van der Waals surface area (Å²) in [6.45, 7) is 9.04. The Morgan fingerprint density at radius 2 is 1.93 bits per heavy atom. The SMILES string of the molecule is CC1=C2c3cc4c(cc3CCN3CCC[C@]23[C@H](OC(=O)OC(C)(C)C)C1=O)OCO4. The highest BCUT2D eigenvalue weighted by atomic mass is 16.7. The molecule has 5 rings (SSSR count). The van der Waals surface area contributed by atoms with Crippen molar-refractivity contribution in [2.75, 3.05) is 19.9 Å². The molecule has 0 amide bonds. The van der Waals surface area contributed by atoms with Crippen LogP contribution in [0.2, 0.25) is 0 Å². The Balaban J connectivity index is 1.61. The van der Waals surface area contributed by atoms with E-state index >= 15 is 0 Å². The van der Waals surface area contributed by atoms with Crippen LogP contribution in [-0.4, -0.2) is 54.0 Å². The van der Waals surface area contributed by atoms with E-state index in [1.807, 2.05) is 19.1 Å². The summed E-state index contributed by atoms with van der Waals surface area (Å²) < 4.78 is 22.3. The number of fused-ring (bicyclic) bond motifs is 3. The molecule has 3 aliphatic heterocycles. The third-order valence-electron chi connectivity index (χ3n) is 6.52. The number of rotatable bonds is 1. The second-order valence-corrected chi connectivity index (χ2v) is 9.45. The zero-order chi connectivity index (χ0) is 21.3. The molecule has 3 heterocycles. The Labute approximate surface area is 175 Å². The maximum absolute atomic E-state index is 13.4. The van der Waals surface area contributed by atoms with Crippen molar-refractivity contribution in [2.45, 2.75) is 64.2 Å². The first-order chi connectivity index (χ1) is 14.2. The van der Waals surface area contributed by atoms with E-state index in [9.17, 15) is 9.59 Å². The first-order valence-corrected chi connectivity index (χ1v) is 10.5. The minimum absolute atomic E-state index is 0.145. The number of Topliss-reactive ketones (excluding diaryl/α,β-unsaturated/α-hetero) is 1.